The van der Waals surface area contributed by atoms with E-state index in [2.05, 4.69) is 4.99 Å². The molecule has 0 N–H and O–H groups in total. The van der Waals surface area contributed by atoms with Crippen molar-refractivity contribution in [3.63, 3.8) is 0 Å². The highest BCUT2D eigenvalue weighted by atomic mass is 19.4. The van der Waals surface area contributed by atoms with Gasteiger partial charge in [-0.3, -0.25) is 14.4 Å². The Bertz CT molecular complexity index is 1370. The zero-order valence-electron chi connectivity index (χ0n) is 17.2. The van der Waals surface area contributed by atoms with Crippen molar-refractivity contribution in [1.82, 2.24) is 4.57 Å². The number of aromatic nitrogens is 1. The Morgan fingerprint density at radius 1 is 0.938 bits per heavy atom. The van der Waals surface area contributed by atoms with Crippen molar-refractivity contribution in [3.05, 3.63) is 107 Å². The number of alkyl halides is 3. The molecule has 0 amide bonds. The molecule has 0 unspecified atom stereocenters. The second kappa shape index (κ2) is 7.19. The Balaban J connectivity index is 1.73. The summed E-state index contributed by atoms with van der Waals surface area (Å²) in [4.78, 5) is 16.5. The smallest absolute Gasteiger partial charge is 0.287 e. The van der Waals surface area contributed by atoms with Crippen LogP contribution in [-0.4, -0.2) is 22.4 Å². The fourth-order valence-corrected chi connectivity index (χ4v) is 4.62. The molecule has 0 bridgehead atoms. The molecule has 3 aromatic carbocycles. The maximum absolute atomic E-state index is 14.7. The van der Waals surface area contributed by atoms with Crippen molar-refractivity contribution in [3.8, 4) is 0 Å². The van der Waals surface area contributed by atoms with Crippen molar-refractivity contribution in [2.45, 2.75) is 25.1 Å². The average molecular weight is 432 g/mol. The van der Waals surface area contributed by atoms with Gasteiger partial charge in [-0.05, 0) is 17.2 Å². The van der Waals surface area contributed by atoms with E-state index in [0.29, 0.717) is 11.3 Å². The Hall–Kier alpha value is -3.67. The molecule has 32 heavy (non-hydrogen) atoms. The SMILES string of the molecule is CC(=O)n1cc(CC2=N[C@](c3ccccc3)(C(F)(F)F)c3ccccc32)c2ccccc21. The summed E-state index contributed by atoms with van der Waals surface area (Å²) in [6.07, 6.45) is -2.74. The van der Waals surface area contributed by atoms with Crippen molar-refractivity contribution in [1.29, 1.82) is 0 Å². The van der Waals surface area contributed by atoms with E-state index in [1.165, 1.54) is 29.7 Å². The summed E-state index contributed by atoms with van der Waals surface area (Å²) in [5.74, 6) is -0.157. The Kier molecular flexibility index (Phi) is 4.55. The topological polar surface area (TPSA) is 34.4 Å². The maximum Gasteiger partial charge on any atom is 0.422 e. The van der Waals surface area contributed by atoms with Crippen LogP contribution in [-0.2, 0) is 12.0 Å². The van der Waals surface area contributed by atoms with E-state index in [9.17, 15) is 18.0 Å². The molecule has 2 heterocycles. The first-order valence-electron chi connectivity index (χ1n) is 10.2. The van der Waals surface area contributed by atoms with Gasteiger partial charge in [-0.1, -0.05) is 72.8 Å². The molecule has 3 nitrogen and oxygen atoms in total. The van der Waals surface area contributed by atoms with Gasteiger partial charge in [0, 0.05) is 41.8 Å². The van der Waals surface area contributed by atoms with Gasteiger partial charge in [0.1, 0.15) is 0 Å². The predicted octanol–water partition coefficient (Wildman–Crippen LogP) is 6.15. The summed E-state index contributed by atoms with van der Waals surface area (Å²) >= 11 is 0. The third-order valence-electron chi connectivity index (χ3n) is 6.02. The van der Waals surface area contributed by atoms with E-state index in [1.807, 2.05) is 24.3 Å². The highest BCUT2D eigenvalue weighted by molar-refractivity contribution is 6.08. The van der Waals surface area contributed by atoms with Crippen LogP contribution in [0.3, 0.4) is 0 Å². The number of nitrogens with zero attached hydrogens (tertiary/aromatic N) is 2. The number of hydrogen-bond donors (Lipinski definition) is 0. The van der Waals surface area contributed by atoms with E-state index < -0.39 is 11.7 Å². The molecule has 0 radical (unpaired) electrons. The Morgan fingerprint density at radius 3 is 2.31 bits per heavy atom. The number of fused-ring (bicyclic) bond motifs is 2. The highest BCUT2D eigenvalue weighted by Crippen LogP contribution is 2.52. The van der Waals surface area contributed by atoms with Crippen LogP contribution >= 0.6 is 0 Å². The quantitative estimate of drug-likeness (QED) is 0.382. The van der Waals surface area contributed by atoms with Gasteiger partial charge < -0.3 is 0 Å². The molecular weight excluding hydrogens is 413 g/mol. The minimum absolute atomic E-state index is 0.0844. The van der Waals surface area contributed by atoms with Gasteiger partial charge in [0.25, 0.3) is 0 Å². The van der Waals surface area contributed by atoms with Gasteiger partial charge in [-0.15, -0.1) is 0 Å². The number of para-hydroxylation sites is 1. The van der Waals surface area contributed by atoms with Crippen molar-refractivity contribution >= 4 is 22.5 Å². The third-order valence-corrected chi connectivity index (χ3v) is 6.02. The number of hydrogen-bond acceptors (Lipinski definition) is 2. The molecule has 0 aliphatic carbocycles. The lowest BCUT2D eigenvalue weighted by Gasteiger charge is -2.30. The number of halogens is 3. The predicted molar refractivity (Wildman–Crippen MR) is 118 cm³/mol. The zero-order valence-corrected chi connectivity index (χ0v) is 17.2. The molecule has 0 fully saturated rings. The maximum atomic E-state index is 14.7. The fourth-order valence-electron chi connectivity index (χ4n) is 4.62. The molecule has 5 rings (SSSR count). The van der Waals surface area contributed by atoms with E-state index in [1.54, 1.807) is 42.6 Å². The second-order valence-electron chi connectivity index (χ2n) is 7.92. The van der Waals surface area contributed by atoms with Crippen LogP contribution in [0.1, 0.15) is 34.0 Å². The van der Waals surface area contributed by atoms with Crippen molar-refractivity contribution in [2.24, 2.45) is 4.99 Å². The average Bonchev–Trinajstić information content (AvgIpc) is 3.32. The third kappa shape index (κ3) is 2.90. The molecule has 0 saturated carbocycles. The number of rotatable bonds is 3. The minimum atomic E-state index is -4.63. The molecule has 6 heteroatoms. The summed E-state index contributed by atoms with van der Waals surface area (Å²) in [5.41, 5.74) is 0.0770. The lowest BCUT2D eigenvalue weighted by atomic mass is 9.82. The van der Waals surface area contributed by atoms with Gasteiger partial charge in [0.2, 0.25) is 11.4 Å². The normalized spacial score (nSPS) is 17.9. The Labute approximate surface area is 182 Å². The monoisotopic (exact) mass is 432 g/mol. The largest absolute Gasteiger partial charge is 0.422 e. The van der Waals surface area contributed by atoms with Crippen LogP contribution < -0.4 is 0 Å². The molecule has 0 saturated heterocycles. The summed E-state index contributed by atoms with van der Waals surface area (Å²) in [5, 5.41) is 0.826. The minimum Gasteiger partial charge on any atom is -0.287 e. The van der Waals surface area contributed by atoms with Gasteiger partial charge >= 0.3 is 6.18 Å². The second-order valence-corrected chi connectivity index (χ2v) is 7.92. The highest BCUT2D eigenvalue weighted by Gasteiger charge is 2.60. The van der Waals surface area contributed by atoms with Crippen molar-refractivity contribution in [2.75, 3.05) is 0 Å². The number of benzene rings is 3. The summed E-state index contributed by atoms with van der Waals surface area (Å²) in [6.45, 7) is 1.46. The van der Waals surface area contributed by atoms with Crippen LogP contribution in [0.5, 0.6) is 0 Å². The molecular formula is C26H19F3N2O. The fraction of sp³-hybridized carbons (Fsp3) is 0.154. The van der Waals surface area contributed by atoms with Gasteiger partial charge in [0.15, 0.2) is 0 Å². The van der Waals surface area contributed by atoms with E-state index >= 15 is 0 Å². The van der Waals surface area contributed by atoms with E-state index in [-0.39, 0.29) is 23.5 Å². The van der Waals surface area contributed by atoms with Gasteiger partial charge in [-0.2, -0.15) is 13.2 Å². The summed E-state index contributed by atoms with van der Waals surface area (Å²) < 4.78 is 45.6. The molecule has 1 aliphatic rings. The number of aliphatic imine (C=N–C) groups is 1. The lowest BCUT2D eigenvalue weighted by Crippen LogP contribution is -2.40. The molecule has 0 spiro atoms. The molecule has 1 aromatic heterocycles. The van der Waals surface area contributed by atoms with E-state index in [0.717, 1.165) is 16.5 Å². The van der Waals surface area contributed by atoms with Crippen LogP contribution in [0, 0.1) is 0 Å². The summed E-state index contributed by atoms with van der Waals surface area (Å²) in [7, 11) is 0. The summed E-state index contributed by atoms with van der Waals surface area (Å²) in [6, 6.07) is 21.7. The van der Waals surface area contributed by atoms with Crippen LogP contribution in [0.25, 0.3) is 10.9 Å². The first kappa shape index (κ1) is 20.2. The first-order valence-corrected chi connectivity index (χ1v) is 10.2. The van der Waals surface area contributed by atoms with Crippen LogP contribution in [0.4, 0.5) is 13.2 Å². The lowest BCUT2D eigenvalue weighted by molar-refractivity contribution is -0.175. The zero-order chi connectivity index (χ0) is 22.5. The van der Waals surface area contributed by atoms with Crippen LogP contribution in [0.2, 0.25) is 0 Å². The van der Waals surface area contributed by atoms with Gasteiger partial charge in [0.05, 0.1) is 5.52 Å². The standard InChI is InChI=1S/C26H19F3N2O/c1-17(32)31-16-18(20-11-6-8-14-24(20)31)15-23-21-12-5-7-13-22(21)25(30-23,26(27,28)29)19-9-3-2-4-10-19/h2-14,16H,15H2,1H3/t25-/m0/s1. The first-order chi connectivity index (χ1) is 15.3. The molecule has 160 valence electrons. The Morgan fingerprint density at radius 2 is 1.59 bits per heavy atom. The molecule has 1 atom stereocenters. The van der Waals surface area contributed by atoms with Crippen LogP contribution in [0.15, 0.2) is 90.1 Å². The number of carbonyl (C=O) groups is 1. The van der Waals surface area contributed by atoms with E-state index in [4.69, 9.17) is 0 Å². The van der Waals surface area contributed by atoms with Crippen molar-refractivity contribution < 1.29 is 18.0 Å². The molecule has 1 aliphatic heterocycles. The van der Waals surface area contributed by atoms with Gasteiger partial charge in [-0.25, -0.2) is 0 Å². The molecule has 4 aromatic rings. The number of carbonyl (C=O) groups excluding carboxylic acids is 1.